The van der Waals surface area contributed by atoms with Crippen LogP contribution in [0.2, 0.25) is 5.02 Å². The summed E-state index contributed by atoms with van der Waals surface area (Å²) in [4.78, 5) is 27.3. The third-order valence-electron chi connectivity index (χ3n) is 5.76. The Morgan fingerprint density at radius 3 is 2.13 bits per heavy atom. The Bertz CT molecular complexity index is 1600. The van der Waals surface area contributed by atoms with Gasteiger partial charge in [-0.1, -0.05) is 60.1 Å². The molecule has 0 bridgehead atoms. The minimum absolute atomic E-state index is 0.00365. The molecule has 39 heavy (non-hydrogen) atoms. The summed E-state index contributed by atoms with van der Waals surface area (Å²) >= 11 is 5.92. The molecule has 200 valence electrons. The van der Waals surface area contributed by atoms with Crippen LogP contribution in [0.1, 0.15) is 5.56 Å². The van der Waals surface area contributed by atoms with E-state index >= 15 is 4.39 Å². The van der Waals surface area contributed by atoms with Gasteiger partial charge in [-0.15, -0.1) is 0 Å². The summed E-state index contributed by atoms with van der Waals surface area (Å²) in [5, 5.41) is 5.88. The van der Waals surface area contributed by atoms with Gasteiger partial charge in [0.1, 0.15) is 12.4 Å². The van der Waals surface area contributed by atoms with E-state index in [0.717, 1.165) is 17.9 Å². The van der Waals surface area contributed by atoms with Crippen LogP contribution in [0.15, 0.2) is 102 Å². The molecule has 0 unspecified atom stereocenters. The van der Waals surface area contributed by atoms with E-state index in [9.17, 15) is 18.0 Å². The van der Waals surface area contributed by atoms with Crippen LogP contribution in [0.25, 0.3) is 11.1 Å². The first-order valence-corrected chi connectivity index (χ1v) is 14.1. The number of carbonyl (C=O) groups excluding carboxylic acids is 2. The van der Waals surface area contributed by atoms with Gasteiger partial charge >= 0.3 is 6.03 Å². The number of carbonyl (C=O) groups is 2. The number of rotatable bonds is 8. The largest absolute Gasteiger partial charge is 0.324 e. The molecule has 0 heterocycles. The lowest BCUT2D eigenvalue weighted by Gasteiger charge is -2.23. The van der Waals surface area contributed by atoms with Gasteiger partial charge < -0.3 is 15.5 Å². The van der Waals surface area contributed by atoms with Crippen molar-refractivity contribution in [3.8, 4) is 11.1 Å². The second-order valence-electron chi connectivity index (χ2n) is 8.79. The molecule has 0 aromatic heterocycles. The maximum absolute atomic E-state index is 15.1. The minimum atomic E-state index is -3.59. The number of sulfone groups is 1. The van der Waals surface area contributed by atoms with Crippen molar-refractivity contribution >= 4 is 44.8 Å². The summed E-state index contributed by atoms with van der Waals surface area (Å²) in [5.74, 6) is -1.24. The van der Waals surface area contributed by atoms with Crippen LogP contribution in [0.4, 0.5) is 20.6 Å². The van der Waals surface area contributed by atoms with E-state index in [4.69, 9.17) is 11.6 Å². The quantitative estimate of drug-likeness (QED) is 0.265. The molecule has 0 saturated heterocycles. The summed E-state index contributed by atoms with van der Waals surface area (Å²) in [6, 6.07) is 25.4. The number of hydrogen-bond donors (Lipinski definition) is 2. The molecule has 0 fully saturated rings. The van der Waals surface area contributed by atoms with Gasteiger partial charge in [-0.2, -0.15) is 0 Å². The molecular weight excluding hydrogens is 541 g/mol. The number of halogens is 2. The molecule has 10 heteroatoms. The number of nitrogens with zero attached hydrogens (tertiary/aromatic N) is 1. The molecule has 4 rings (SSSR count). The molecular formula is C29H25ClFN3O4S. The Labute approximate surface area is 231 Å². The van der Waals surface area contributed by atoms with Crippen LogP contribution >= 0.6 is 11.6 Å². The van der Waals surface area contributed by atoms with E-state index in [-0.39, 0.29) is 34.8 Å². The van der Waals surface area contributed by atoms with Crippen molar-refractivity contribution in [2.45, 2.75) is 11.4 Å². The fourth-order valence-electron chi connectivity index (χ4n) is 3.94. The van der Waals surface area contributed by atoms with Crippen molar-refractivity contribution in [2.75, 3.05) is 23.4 Å². The van der Waals surface area contributed by atoms with Crippen LogP contribution in [0, 0.1) is 5.82 Å². The van der Waals surface area contributed by atoms with Crippen molar-refractivity contribution in [3.05, 3.63) is 113 Å². The Balaban J connectivity index is 1.51. The highest BCUT2D eigenvalue weighted by atomic mass is 35.5. The van der Waals surface area contributed by atoms with E-state index in [1.165, 1.54) is 29.2 Å². The van der Waals surface area contributed by atoms with Crippen LogP contribution < -0.4 is 10.6 Å². The molecule has 0 spiro atoms. The van der Waals surface area contributed by atoms with Crippen LogP contribution in [-0.2, 0) is 21.2 Å². The fourth-order valence-corrected chi connectivity index (χ4v) is 4.97. The second kappa shape index (κ2) is 12.1. The average molecular weight is 566 g/mol. The molecule has 0 aliphatic rings. The Morgan fingerprint density at radius 2 is 1.46 bits per heavy atom. The topological polar surface area (TPSA) is 95.6 Å². The predicted octanol–water partition coefficient (Wildman–Crippen LogP) is 6.22. The number of benzene rings is 4. The standard InChI is InChI=1S/C29H25ClFN3O4S/c1-39(37,38)27-10-6-5-9-25(27)24-16-15-23(17-26(24)31)32-28(35)19-34(18-20-7-3-2-4-8-20)29(36)33-22-13-11-21(30)12-14-22/h2-17H,18-19H2,1H3,(H,32,35)(H,33,36). The zero-order valence-corrected chi connectivity index (χ0v) is 22.5. The Kier molecular flexibility index (Phi) is 8.63. The maximum Gasteiger partial charge on any atom is 0.322 e. The van der Waals surface area contributed by atoms with Crippen LogP contribution in [0.5, 0.6) is 0 Å². The lowest BCUT2D eigenvalue weighted by Crippen LogP contribution is -2.40. The first-order valence-electron chi connectivity index (χ1n) is 11.8. The molecule has 3 amide bonds. The van der Waals surface area contributed by atoms with Gasteiger partial charge in [0.15, 0.2) is 9.84 Å². The number of amides is 3. The van der Waals surface area contributed by atoms with E-state index in [2.05, 4.69) is 10.6 Å². The zero-order valence-electron chi connectivity index (χ0n) is 20.9. The van der Waals surface area contributed by atoms with Gasteiger partial charge in [-0.25, -0.2) is 17.6 Å². The first kappa shape index (κ1) is 27.8. The third kappa shape index (κ3) is 7.43. The van der Waals surface area contributed by atoms with Gasteiger partial charge in [0.2, 0.25) is 5.91 Å². The van der Waals surface area contributed by atoms with Crippen molar-refractivity contribution < 1.29 is 22.4 Å². The summed E-state index contributed by atoms with van der Waals surface area (Å²) < 4.78 is 39.4. The molecule has 0 atom stereocenters. The normalized spacial score (nSPS) is 11.1. The molecule has 0 aliphatic carbocycles. The summed E-state index contributed by atoms with van der Waals surface area (Å²) in [7, 11) is -3.59. The molecule has 0 saturated carbocycles. The molecule has 4 aromatic carbocycles. The van der Waals surface area contributed by atoms with Gasteiger partial charge in [-0.3, -0.25) is 4.79 Å². The highest BCUT2D eigenvalue weighted by molar-refractivity contribution is 7.90. The number of hydrogen-bond acceptors (Lipinski definition) is 4. The zero-order chi connectivity index (χ0) is 28.0. The summed E-state index contributed by atoms with van der Waals surface area (Å²) in [6.45, 7) is -0.155. The van der Waals surface area contributed by atoms with Crippen LogP contribution in [0.3, 0.4) is 0 Å². The monoisotopic (exact) mass is 565 g/mol. The van der Waals surface area contributed by atoms with Gasteiger partial charge in [0, 0.05) is 40.3 Å². The first-order chi connectivity index (χ1) is 18.6. The van der Waals surface area contributed by atoms with Crippen molar-refractivity contribution in [1.82, 2.24) is 4.90 Å². The van der Waals surface area contributed by atoms with E-state index in [1.807, 2.05) is 30.3 Å². The van der Waals surface area contributed by atoms with Crippen LogP contribution in [-0.4, -0.2) is 38.1 Å². The number of nitrogens with one attached hydrogen (secondary N) is 2. The molecule has 0 aliphatic heterocycles. The highest BCUT2D eigenvalue weighted by Crippen LogP contribution is 2.31. The van der Waals surface area contributed by atoms with Crippen molar-refractivity contribution in [1.29, 1.82) is 0 Å². The molecule has 2 N–H and O–H groups in total. The molecule has 4 aromatic rings. The lowest BCUT2D eigenvalue weighted by molar-refractivity contribution is -0.116. The summed E-state index contributed by atoms with van der Waals surface area (Å²) in [6.07, 6.45) is 1.06. The Hall–Kier alpha value is -4.21. The fraction of sp³-hybridized carbons (Fsp3) is 0.103. The van der Waals surface area contributed by atoms with Crippen molar-refractivity contribution in [2.24, 2.45) is 0 Å². The van der Waals surface area contributed by atoms with E-state index in [1.54, 1.807) is 36.4 Å². The maximum atomic E-state index is 15.1. The highest BCUT2D eigenvalue weighted by Gasteiger charge is 2.20. The smallest absolute Gasteiger partial charge is 0.322 e. The number of urea groups is 1. The number of anilines is 2. The van der Waals surface area contributed by atoms with Gasteiger partial charge in [0.05, 0.1) is 4.90 Å². The van der Waals surface area contributed by atoms with Crippen molar-refractivity contribution in [3.63, 3.8) is 0 Å². The minimum Gasteiger partial charge on any atom is -0.324 e. The molecule has 7 nitrogen and oxygen atoms in total. The average Bonchev–Trinajstić information content (AvgIpc) is 2.90. The summed E-state index contributed by atoms with van der Waals surface area (Å²) in [5.41, 5.74) is 1.80. The SMILES string of the molecule is CS(=O)(=O)c1ccccc1-c1ccc(NC(=O)CN(Cc2ccccc2)C(=O)Nc2ccc(Cl)cc2)cc1F. The Morgan fingerprint density at radius 1 is 0.821 bits per heavy atom. The lowest BCUT2D eigenvalue weighted by atomic mass is 10.0. The van der Waals surface area contributed by atoms with Gasteiger partial charge in [-0.05, 0) is 54.1 Å². The van der Waals surface area contributed by atoms with Gasteiger partial charge in [0.25, 0.3) is 0 Å². The van der Waals surface area contributed by atoms with E-state index in [0.29, 0.717) is 10.7 Å². The predicted molar refractivity (Wildman–Crippen MR) is 151 cm³/mol. The third-order valence-corrected chi connectivity index (χ3v) is 7.17. The van der Waals surface area contributed by atoms with E-state index < -0.39 is 27.6 Å². The second-order valence-corrected chi connectivity index (χ2v) is 11.2. The molecule has 0 radical (unpaired) electrons.